The number of allylic oxidation sites excluding steroid dienone is 1. The quantitative estimate of drug-likeness (QED) is 0.267. The van der Waals surface area contributed by atoms with Crippen molar-refractivity contribution < 1.29 is 22.6 Å². The summed E-state index contributed by atoms with van der Waals surface area (Å²) in [6, 6.07) is 18.2. The number of azo groups is 1. The monoisotopic (exact) mass is 542 g/mol. The molecular weight excluding hydrogens is 520 g/mol. The highest BCUT2D eigenvalue weighted by molar-refractivity contribution is 7.85. The zero-order chi connectivity index (χ0) is 27.9. The van der Waals surface area contributed by atoms with E-state index < -0.39 is 26.8 Å². The van der Waals surface area contributed by atoms with E-state index in [1.165, 1.54) is 29.7 Å². The largest absolute Gasteiger partial charge is 0.365 e. The number of para-hydroxylation sites is 2. The maximum Gasteiger partial charge on any atom is 0.294 e. The van der Waals surface area contributed by atoms with Gasteiger partial charge in [0.1, 0.15) is 10.6 Å². The molecule has 0 aliphatic carbocycles. The maximum absolute atomic E-state index is 13.5. The zero-order valence-electron chi connectivity index (χ0n) is 20.9. The van der Waals surface area contributed by atoms with Crippen molar-refractivity contribution in [3.05, 3.63) is 89.3 Å². The molecule has 11 nitrogen and oxygen atoms in total. The van der Waals surface area contributed by atoms with E-state index in [-0.39, 0.29) is 40.5 Å². The van der Waals surface area contributed by atoms with Crippen LogP contribution in [0.4, 0.5) is 11.4 Å². The molecular formula is C27H22N6O5S. The first kappa shape index (κ1) is 25.8. The van der Waals surface area contributed by atoms with Gasteiger partial charge in [-0.2, -0.15) is 18.6 Å². The number of nitrogens with two attached hydrogens (primary N) is 1. The molecule has 1 aliphatic rings. The Bertz CT molecular complexity index is 1870. The van der Waals surface area contributed by atoms with Crippen LogP contribution >= 0.6 is 0 Å². The van der Waals surface area contributed by atoms with Gasteiger partial charge >= 0.3 is 0 Å². The standard InChI is InChI=1S/C27H22N6O5S/c1-15-7-10-18(11-8-15)31-32-19-12-9-17(22(13-19)39(36,37)38)14-29-24-16(2)23(25(28)34)26-30-20-5-3-4-6-21(20)33(26)27(24)35/h3-13H,14H2,1-2H3,(H2,28,34)(H,36,37,38). The average molecular weight is 543 g/mol. The summed E-state index contributed by atoms with van der Waals surface area (Å²) in [6.45, 7) is 3.17. The lowest BCUT2D eigenvalue weighted by molar-refractivity contribution is -0.112. The number of aryl methyl sites for hydroxylation is 1. The van der Waals surface area contributed by atoms with Gasteiger partial charge in [0.15, 0.2) is 5.82 Å². The van der Waals surface area contributed by atoms with Crippen LogP contribution in [0.3, 0.4) is 0 Å². The van der Waals surface area contributed by atoms with Gasteiger partial charge in [-0.1, -0.05) is 35.9 Å². The maximum atomic E-state index is 13.5. The second-order valence-corrected chi connectivity index (χ2v) is 10.3. The molecule has 0 radical (unpaired) electrons. The number of primary amides is 1. The summed E-state index contributed by atoms with van der Waals surface area (Å²) in [4.78, 5) is 34.2. The van der Waals surface area contributed by atoms with Crippen LogP contribution in [0.5, 0.6) is 0 Å². The Kier molecular flexibility index (Phi) is 6.50. The molecule has 3 N–H and O–H groups in total. The van der Waals surface area contributed by atoms with E-state index in [1.54, 1.807) is 36.4 Å². The number of rotatable bonds is 6. The summed E-state index contributed by atoms with van der Waals surface area (Å²) < 4.78 is 35.5. The molecule has 0 fully saturated rings. The van der Waals surface area contributed by atoms with Crippen LogP contribution < -0.4 is 5.73 Å². The molecule has 3 aromatic carbocycles. The van der Waals surface area contributed by atoms with E-state index in [4.69, 9.17) is 5.73 Å². The fourth-order valence-corrected chi connectivity index (χ4v) is 5.03. The number of aliphatic imine (C=N–C) groups is 1. The highest BCUT2D eigenvalue weighted by Gasteiger charge is 2.34. The predicted molar refractivity (Wildman–Crippen MR) is 145 cm³/mol. The number of nitrogens with zero attached hydrogens (tertiary/aromatic N) is 5. The predicted octanol–water partition coefficient (Wildman–Crippen LogP) is 4.56. The third-order valence-electron chi connectivity index (χ3n) is 6.22. The van der Waals surface area contributed by atoms with Gasteiger partial charge in [-0.15, -0.1) is 0 Å². The van der Waals surface area contributed by atoms with Crippen molar-refractivity contribution in [1.82, 2.24) is 9.55 Å². The van der Waals surface area contributed by atoms with Crippen LogP contribution in [0.25, 0.3) is 16.6 Å². The molecule has 0 saturated carbocycles. The van der Waals surface area contributed by atoms with Gasteiger partial charge in [-0.25, -0.2) is 4.98 Å². The van der Waals surface area contributed by atoms with Crippen molar-refractivity contribution in [3.63, 3.8) is 0 Å². The van der Waals surface area contributed by atoms with Crippen molar-refractivity contribution in [2.45, 2.75) is 25.3 Å². The number of carbonyl (C=O) groups excluding carboxylic acids is 2. The van der Waals surface area contributed by atoms with Gasteiger partial charge in [0.25, 0.3) is 21.9 Å². The smallest absolute Gasteiger partial charge is 0.294 e. The van der Waals surface area contributed by atoms with Gasteiger partial charge in [0.05, 0.1) is 34.5 Å². The van der Waals surface area contributed by atoms with Crippen LogP contribution in [0.1, 0.15) is 28.7 Å². The third-order valence-corrected chi connectivity index (χ3v) is 7.15. The number of aromatic nitrogens is 2. The molecule has 1 amide bonds. The second kappa shape index (κ2) is 9.82. The Labute approximate surface area is 223 Å². The Morgan fingerprint density at radius 2 is 1.67 bits per heavy atom. The van der Waals surface area contributed by atoms with Gasteiger partial charge in [-0.05, 0) is 61.4 Å². The average Bonchev–Trinajstić information content (AvgIpc) is 3.27. The van der Waals surface area contributed by atoms with Crippen LogP contribution in [0, 0.1) is 6.92 Å². The third kappa shape index (κ3) is 4.90. The second-order valence-electron chi connectivity index (χ2n) is 8.90. The zero-order valence-corrected chi connectivity index (χ0v) is 21.7. The van der Waals surface area contributed by atoms with Crippen molar-refractivity contribution in [3.8, 4) is 0 Å². The minimum absolute atomic E-state index is 0.0337. The van der Waals surface area contributed by atoms with Crippen LogP contribution in [-0.4, -0.2) is 40.0 Å². The summed E-state index contributed by atoms with van der Waals surface area (Å²) >= 11 is 0. The van der Waals surface area contributed by atoms with Gasteiger partial charge in [-0.3, -0.25) is 23.7 Å². The van der Waals surface area contributed by atoms with E-state index >= 15 is 0 Å². The summed E-state index contributed by atoms with van der Waals surface area (Å²) in [5.41, 5.74) is 8.70. The first-order valence-electron chi connectivity index (χ1n) is 11.7. The van der Waals surface area contributed by atoms with Gasteiger partial charge in [0.2, 0.25) is 0 Å². The fraction of sp³-hybridized carbons (Fsp3) is 0.111. The lowest BCUT2D eigenvalue weighted by atomic mass is 9.99. The van der Waals surface area contributed by atoms with Crippen molar-refractivity contribution in [2.75, 3.05) is 0 Å². The summed E-state index contributed by atoms with van der Waals surface area (Å²) in [6.07, 6.45) is 0. The minimum atomic E-state index is -4.67. The van der Waals surface area contributed by atoms with Crippen molar-refractivity contribution in [2.24, 2.45) is 21.0 Å². The number of hydrogen-bond acceptors (Lipinski definition) is 8. The van der Waals surface area contributed by atoms with E-state index in [2.05, 4.69) is 20.2 Å². The first-order chi connectivity index (χ1) is 18.5. The number of amides is 1. The van der Waals surface area contributed by atoms with Crippen molar-refractivity contribution in [1.29, 1.82) is 0 Å². The SMILES string of the molecule is CC1=C(C(N)=O)c2nc3ccccc3n2C(=O)C1=NCc1ccc(N=Nc2ccc(C)cc2)cc1S(=O)(=O)O. The van der Waals surface area contributed by atoms with Crippen LogP contribution in [-0.2, 0) is 21.5 Å². The minimum Gasteiger partial charge on any atom is -0.365 e. The van der Waals surface area contributed by atoms with Gasteiger partial charge < -0.3 is 5.73 Å². The number of benzene rings is 3. The Morgan fingerprint density at radius 1 is 1.00 bits per heavy atom. The van der Waals surface area contributed by atoms with Crippen LogP contribution in [0.15, 0.2) is 92.4 Å². The Morgan fingerprint density at radius 3 is 2.36 bits per heavy atom. The van der Waals surface area contributed by atoms with E-state index in [0.717, 1.165) is 5.56 Å². The lowest BCUT2D eigenvalue weighted by Crippen LogP contribution is -2.33. The first-order valence-corrected chi connectivity index (χ1v) is 13.2. The van der Waals surface area contributed by atoms with Gasteiger partial charge in [0, 0.05) is 0 Å². The number of hydrogen-bond donors (Lipinski definition) is 2. The number of imidazole rings is 1. The number of fused-ring (bicyclic) bond motifs is 3. The topological polar surface area (TPSA) is 169 Å². The lowest BCUT2D eigenvalue weighted by Gasteiger charge is -2.19. The highest BCUT2D eigenvalue weighted by atomic mass is 32.2. The van der Waals surface area contributed by atoms with E-state index in [1.807, 2.05) is 19.1 Å². The molecule has 2 heterocycles. The molecule has 1 aromatic heterocycles. The molecule has 12 heteroatoms. The molecule has 39 heavy (non-hydrogen) atoms. The number of carbonyl (C=O) groups is 2. The summed E-state index contributed by atoms with van der Waals surface area (Å²) in [7, 11) is -4.67. The van der Waals surface area contributed by atoms with Crippen LogP contribution in [0.2, 0.25) is 0 Å². The molecule has 0 unspecified atom stereocenters. The van der Waals surface area contributed by atoms with E-state index in [9.17, 15) is 22.6 Å². The Hall–Kier alpha value is -4.81. The summed E-state index contributed by atoms with van der Waals surface area (Å²) in [5.74, 6) is -1.21. The molecule has 0 bridgehead atoms. The highest BCUT2D eigenvalue weighted by Crippen LogP contribution is 2.30. The van der Waals surface area contributed by atoms with Crippen molar-refractivity contribution >= 4 is 55.6 Å². The normalized spacial score (nSPS) is 14.9. The molecule has 0 atom stereocenters. The molecule has 0 spiro atoms. The molecule has 1 aliphatic heterocycles. The Balaban J connectivity index is 1.54. The summed E-state index contributed by atoms with van der Waals surface area (Å²) in [5, 5.41) is 8.16. The van der Waals surface area contributed by atoms with E-state index in [0.29, 0.717) is 16.7 Å². The molecule has 196 valence electrons. The molecule has 5 rings (SSSR count). The fourth-order valence-electron chi connectivity index (χ4n) is 4.30. The molecule has 4 aromatic rings. The molecule has 0 saturated heterocycles.